The molecule has 1 N–H and O–H groups in total. The van der Waals surface area contributed by atoms with Gasteiger partial charge in [0.15, 0.2) is 0 Å². The van der Waals surface area contributed by atoms with Gasteiger partial charge >= 0.3 is 0 Å². The van der Waals surface area contributed by atoms with Crippen LogP contribution in [-0.2, 0) is 16.0 Å². The Hall–Kier alpha value is -3.18. The number of nitrogens with zero attached hydrogens (tertiary/aromatic N) is 1. The van der Waals surface area contributed by atoms with Crippen molar-refractivity contribution in [3.05, 3.63) is 93.3 Å². The van der Waals surface area contributed by atoms with Crippen molar-refractivity contribution in [3.8, 4) is 0 Å². The lowest BCUT2D eigenvalue weighted by Gasteiger charge is -2.15. The zero-order chi connectivity index (χ0) is 20.4. The molecule has 1 aliphatic heterocycles. The molecular weight excluding hydrogens is 380 g/mol. The van der Waals surface area contributed by atoms with Gasteiger partial charge in [-0.1, -0.05) is 42.5 Å². The lowest BCUT2D eigenvalue weighted by molar-refractivity contribution is -0.136. The molecule has 29 heavy (non-hydrogen) atoms. The zero-order valence-corrected chi connectivity index (χ0v) is 17.3. The Morgan fingerprint density at radius 2 is 1.62 bits per heavy atom. The maximum absolute atomic E-state index is 13.2. The van der Waals surface area contributed by atoms with E-state index in [1.165, 1.54) is 16.2 Å². The number of thiophene rings is 1. The number of anilines is 1. The first-order chi connectivity index (χ1) is 14.0. The number of amides is 2. The molecule has 2 amide bonds. The van der Waals surface area contributed by atoms with Crippen LogP contribution in [0.4, 0.5) is 5.69 Å². The van der Waals surface area contributed by atoms with Crippen LogP contribution in [0.5, 0.6) is 0 Å². The fraction of sp³-hybridized carbons (Fsp3) is 0.167. The lowest BCUT2D eigenvalue weighted by atomic mass is 10.1. The Labute approximate surface area is 174 Å². The number of rotatable bonds is 6. The second-order valence-electron chi connectivity index (χ2n) is 7.23. The maximum Gasteiger partial charge on any atom is 0.278 e. The Morgan fingerprint density at radius 1 is 0.897 bits per heavy atom. The summed E-state index contributed by atoms with van der Waals surface area (Å²) in [5.41, 5.74) is 4.93. The highest BCUT2D eigenvalue weighted by Gasteiger charge is 2.39. The van der Waals surface area contributed by atoms with Crippen LogP contribution in [0, 0.1) is 13.8 Å². The SMILES string of the molecule is Cc1cc(C)cc(NC2=C(c3cccs3)C(=O)N(CCc3ccccc3)C2=O)c1. The molecule has 2 aromatic carbocycles. The fourth-order valence-electron chi connectivity index (χ4n) is 3.62. The van der Waals surface area contributed by atoms with Gasteiger partial charge in [-0.25, -0.2) is 0 Å². The molecule has 0 unspecified atom stereocenters. The first-order valence-electron chi connectivity index (χ1n) is 9.56. The number of nitrogens with one attached hydrogen (secondary N) is 1. The molecular formula is C24H22N2O2S. The molecule has 1 aromatic heterocycles. The van der Waals surface area contributed by atoms with Gasteiger partial charge in [0.05, 0.1) is 5.57 Å². The third-order valence-electron chi connectivity index (χ3n) is 4.89. The lowest BCUT2D eigenvalue weighted by Crippen LogP contribution is -2.34. The summed E-state index contributed by atoms with van der Waals surface area (Å²) >= 11 is 1.47. The predicted molar refractivity (Wildman–Crippen MR) is 118 cm³/mol. The summed E-state index contributed by atoms with van der Waals surface area (Å²) in [6, 6.07) is 19.7. The van der Waals surface area contributed by atoms with E-state index in [1.54, 1.807) is 0 Å². The molecule has 0 atom stereocenters. The minimum absolute atomic E-state index is 0.236. The van der Waals surface area contributed by atoms with Crippen molar-refractivity contribution >= 4 is 34.4 Å². The summed E-state index contributed by atoms with van der Waals surface area (Å²) in [5, 5.41) is 5.16. The van der Waals surface area contributed by atoms with Crippen LogP contribution in [0.15, 0.2) is 71.7 Å². The molecule has 0 saturated heterocycles. The van der Waals surface area contributed by atoms with E-state index >= 15 is 0 Å². The molecule has 1 aliphatic rings. The number of imide groups is 1. The summed E-state index contributed by atoms with van der Waals surface area (Å²) in [7, 11) is 0. The molecule has 0 spiro atoms. The fourth-order valence-corrected chi connectivity index (χ4v) is 4.39. The predicted octanol–water partition coefficient (Wildman–Crippen LogP) is 4.80. The number of hydrogen-bond donors (Lipinski definition) is 1. The molecule has 0 bridgehead atoms. The summed E-state index contributed by atoms with van der Waals surface area (Å²) in [4.78, 5) is 28.5. The van der Waals surface area contributed by atoms with Crippen molar-refractivity contribution in [2.75, 3.05) is 11.9 Å². The van der Waals surface area contributed by atoms with Crippen molar-refractivity contribution in [1.29, 1.82) is 0 Å². The van der Waals surface area contributed by atoms with Gasteiger partial charge < -0.3 is 5.32 Å². The molecule has 0 fully saturated rings. The van der Waals surface area contributed by atoms with Gasteiger partial charge in [-0.3, -0.25) is 14.5 Å². The van der Waals surface area contributed by atoms with Gasteiger partial charge in [0, 0.05) is 17.1 Å². The summed E-state index contributed by atoms with van der Waals surface area (Å²) in [5.74, 6) is -0.506. The van der Waals surface area contributed by atoms with E-state index in [-0.39, 0.29) is 11.8 Å². The third kappa shape index (κ3) is 4.00. The highest BCUT2D eigenvalue weighted by atomic mass is 32.1. The van der Waals surface area contributed by atoms with Crippen LogP contribution in [0.1, 0.15) is 21.6 Å². The molecule has 4 nitrogen and oxygen atoms in total. The van der Waals surface area contributed by atoms with Gasteiger partial charge in [0.2, 0.25) is 0 Å². The van der Waals surface area contributed by atoms with E-state index < -0.39 is 0 Å². The minimum atomic E-state index is -0.270. The minimum Gasteiger partial charge on any atom is -0.350 e. The van der Waals surface area contributed by atoms with E-state index in [0.29, 0.717) is 24.2 Å². The Morgan fingerprint density at radius 3 is 2.28 bits per heavy atom. The number of carbonyl (C=O) groups excluding carboxylic acids is 2. The van der Waals surface area contributed by atoms with Gasteiger partial charge in [0.25, 0.3) is 11.8 Å². The topological polar surface area (TPSA) is 49.4 Å². The quantitative estimate of drug-likeness (QED) is 0.603. The van der Waals surface area contributed by atoms with Crippen molar-refractivity contribution in [1.82, 2.24) is 4.90 Å². The van der Waals surface area contributed by atoms with Crippen LogP contribution in [0.2, 0.25) is 0 Å². The van der Waals surface area contributed by atoms with Gasteiger partial charge in [-0.2, -0.15) is 0 Å². The van der Waals surface area contributed by atoms with Crippen molar-refractivity contribution in [3.63, 3.8) is 0 Å². The smallest absolute Gasteiger partial charge is 0.278 e. The van der Waals surface area contributed by atoms with E-state index in [1.807, 2.05) is 73.8 Å². The van der Waals surface area contributed by atoms with E-state index in [0.717, 1.165) is 27.3 Å². The molecule has 2 heterocycles. The van der Waals surface area contributed by atoms with Crippen LogP contribution < -0.4 is 5.32 Å². The summed E-state index contributed by atoms with van der Waals surface area (Å²) < 4.78 is 0. The van der Waals surface area contributed by atoms with Gasteiger partial charge in [-0.05, 0) is 60.5 Å². The van der Waals surface area contributed by atoms with Gasteiger partial charge in [-0.15, -0.1) is 11.3 Å². The van der Waals surface area contributed by atoms with Crippen LogP contribution >= 0.6 is 11.3 Å². The van der Waals surface area contributed by atoms with Gasteiger partial charge in [0.1, 0.15) is 5.70 Å². The Bertz CT molecular complexity index is 1070. The van der Waals surface area contributed by atoms with Crippen LogP contribution in [-0.4, -0.2) is 23.3 Å². The normalized spacial score (nSPS) is 14.1. The molecule has 3 aromatic rings. The summed E-state index contributed by atoms with van der Waals surface area (Å²) in [6.07, 6.45) is 0.632. The average Bonchev–Trinajstić information content (AvgIpc) is 3.28. The molecule has 4 rings (SSSR count). The number of hydrogen-bond acceptors (Lipinski definition) is 4. The van der Waals surface area contributed by atoms with E-state index in [9.17, 15) is 9.59 Å². The Balaban J connectivity index is 1.65. The second kappa shape index (κ2) is 8.05. The van der Waals surface area contributed by atoms with Crippen molar-refractivity contribution in [2.24, 2.45) is 0 Å². The van der Waals surface area contributed by atoms with E-state index in [2.05, 4.69) is 11.4 Å². The van der Waals surface area contributed by atoms with E-state index in [4.69, 9.17) is 0 Å². The molecule has 5 heteroatoms. The molecule has 146 valence electrons. The van der Waals surface area contributed by atoms with Crippen molar-refractivity contribution < 1.29 is 9.59 Å². The standard InChI is InChI=1S/C24H22N2O2S/c1-16-13-17(2)15-19(14-16)25-22-21(20-9-6-12-29-20)23(27)26(24(22)28)11-10-18-7-4-3-5-8-18/h3-9,12-15,25H,10-11H2,1-2H3. The highest BCUT2D eigenvalue weighted by Crippen LogP contribution is 2.33. The monoisotopic (exact) mass is 402 g/mol. The first-order valence-corrected chi connectivity index (χ1v) is 10.4. The molecule has 0 saturated carbocycles. The summed E-state index contributed by atoms with van der Waals surface area (Å²) in [6.45, 7) is 4.38. The highest BCUT2D eigenvalue weighted by molar-refractivity contribution is 7.11. The van der Waals surface area contributed by atoms with Crippen molar-refractivity contribution in [2.45, 2.75) is 20.3 Å². The number of carbonyl (C=O) groups is 2. The number of aryl methyl sites for hydroxylation is 2. The molecule has 0 radical (unpaired) electrons. The third-order valence-corrected chi connectivity index (χ3v) is 5.78. The largest absolute Gasteiger partial charge is 0.350 e. The first kappa shape index (κ1) is 19.2. The molecule has 0 aliphatic carbocycles. The second-order valence-corrected chi connectivity index (χ2v) is 8.17. The number of benzene rings is 2. The zero-order valence-electron chi connectivity index (χ0n) is 16.4. The Kier molecular flexibility index (Phi) is 5.32. The van der Waals surface area contributed by atoms with Crippen LogP contribution in [0.3, 0.4) is 0 Å². The average molecular weight is 403 g/mol. The maximum atomic E-state index is 13.2. The van der Waals surface area contributed by atoms with Crippen LogP contribution in [0.25, 0.3) is 5.57 Å².